The van der Waals surface area contributed by atoms with Crippen LogP contribution in [-0.4, -0.2) is 53.3 Å². The summed E-state index contributed by atoms with van der Waals surface area (Å²) in [7, 11) is -3.68. The second kappa shape index (κ2) is 7.93. The molecule has 1 aromatic heterocycles. The zero-order valence-corrected chi connectivity index (χ0v) is 16.9. The van der Waals surface area contributed by atoms with Crippen LogP contribution >= 0.6 is 0 Å². The van der Waals surface area contributed by atoms with Gasteiger partial charge in [-0.2, -0.15) is 4.31 Å². The normalized spacial score (nSPS) is 18.9. The molecule has 9 heteroatoms. The number of sulfonamides is 1. The topological polar surface area (TPSA) is 97.2 Å². The molecule has 0 aliphatic carbocycles. The molecule has 0 bridgehead atoms. The molecule has 1 amide bonds. The van der Waals surface area contributed by atoms with Gasteiger partial charge in [0.05, 0.1) is 16.3 Å². The fourth-order valence-corrected chi connectivity index (χ4v) is 4.92. The zero-order chi connectivity index (χ0) is 19.6. The SMILES string of the molecule is CCCNC(=O)[C@@H]1CCCN(S(=O)(=O)c2ccc3c(c2)nnn3C(C)C)C1. The predicted octanol–water partition coefficient (Wildman–Crippen LogP) is 1.94. The maximum Gasteiger partial charge on any atom is 0.243 e. The van der Waals surface area contributed by atoms with E-state index in [1.54, 1.807) is 22.9 Å². The molecule has 8 nitrogen and oxygen atoms in total. The number of benzene rings is 1. The van der Waals surface area contributed by atoms with Gasteiger partial charge in [-0.3, -0.25) is 4.79 Å². The molecule has 2 aromatic rings. The summed E-state index contributed by atoms with van der Waals surface area (Å²) in [5.74, 6) is -0.363. The van der Waals surface area contributed by atoms with Crippen molar-refractivity contribution in [3.05, 3.63) is 18.2 Å². The average molecular weight is 394 g/mol. The van der Waals surface area contributed by atoms with Crippen LogP contribution in [-0.2, 0) is 14.8 Å². The summed E-state index contributed by atoms with van der Waals surface area (Å²) >= 11 is 0. The lowest BCUT2D eigenvalue weighted by molar-refractivity contribution is -0.126. The number of fused-ring (bicyclic) bond motifs is 1. The van der Waals surface area contributed by atoms with Crippen molar-refractivity contribution in [3.63, 3.8) is 0 Å². The number of nitrogens with zero attached hydrogens (tertiary/aromatic N) is 4. The van der Waals surface area contributed by atoms with Crippen molar-refractivity contribution in [1.82, 2.24) is 24.6 Å². The smallest absolute Gasteiger partial charge is 0.243 e. The Hall–Kier alpha value is -2.00. The van der Waals surface area contributed by atoms with Gasteiger partial charge in [0, 0.05) is 25.7 Å². The maximum atomic E-state index is 13.1. The summed E-state index contributed by atoms with van der Waals surface area (Å²) in [5, 5.41) is 11.1. The van der Waals surface area contributed by atoms with E-state index in [0.717, 1.165) is 11.9 Å². The fourth-order valence-electron chi connectivity index (χ4n) is 3.38. The van der Waals surface area contributed by atoms with E-state index in [1.807, 2.05) is 20.8 Å². The van der Waals surface area contributed by atoms with E-state index in [9.17, 15) is 13.2 Å². The summed E-state index contributed by atoms with van der Waals surface area (Å²) in [6, 6.07) is 5.05. The third-order valence-electron chi connectivity index (χ3n) is 4.87. The van der Waals surface area contributed by atoms with Crippen molar-refractivity contribution in [1.29, 1.82) is 0 Å². The summed E-state index contributed by atoms with van der Waals surface area (Å²) in [4.78, 5) is 12.4. The first-order chi connectivity index (χ1) is 12.8. The molecule has 1 fully saturated rings. The Bertz CT molecular complexity index is 922. The third kappa shape index (κ3) is 3.98. The minimum atomic E-state index is -3.68. The van der Waals surface area contributed by atoms with E-state index in [4.69, 9.17) is 0 Å². The molecule has 1 atom stereocenters. The predicted molar refractivity (Wildman–Crippen MR) is 103 cm³/mol. The minimum absolute atomic E-state index is 0.0629. The van der Waals surface area contributed by atoms with Crippen LogP contribution in [0.3, 0.4) is 0 Å². The molecule has 1 N–H and O–H groups in total. The highest BCUT2D eigenvalue weighted by Crippen LogP contribution is 2.26. The highest BCUT2D eigenvalue weighted by molar-refractivity contribution is 7.89. The Balaban J connectivity index is 1.83. The van der Waals surface area contributed by atoms with Crippen molar-refractivity contribution >= 4 is 27.0 Å². The van der Waals surface area contributed by atoms with Gasteiger partial charge in [0.2, 0.25) is 15.9 Å². The van der Waals surface area contributed by atoms with Gasteiger partial charge in [-0.1, -0.05) is 12.1 Å². The number of aromatic nitrogens is 3. The monoisotopic (exact) mass is 393 g/mol. The Morgan fingerprint density at radius 1 is 1.37 bits per heavy atom. The second-order valence-corrected chi connectivity index (χ2v) is 9.21. The van der Waals surface area contributed by atoms with E-state index in [-0.39, 0.29) is 29.3 Å². The summed E-state index contributed by atoms with van der Waals surface area (Å²) in [6.45, 7) is 7.24. The number of nitrogens with one attached hydrogen (secondary N) is 1. The highest BCUT2D eigenvalue weighted by atomic mass is 32.2. The quantitative estimate of drug-likeness (QED) is 0.809. The van der Waals surface area contributed by atoms with Gasteiger partial charge in [0.25, 0.3) is 0 Å². The summed E-state index contributed by atoms with van der Waals surface area (Å²) in [5.41, 5.74) is 1.36. The first-order valence-electron chi connectivity index (χ1n) is 9.47. The van der Waals surface area contributed by atoms with Crippen LogP contribution in [0.25, 0.3) is 11.0 Å². The van der Waals surface area contributed by atoms with E-state index < -0.39 is 10.0 Å². The maximum absolute atomic E-state index is 13.1. The molecule has 0 unspecified atom stereocenters. The molecular formula is C18H27N5O3S. The molecule has 27 heavy (non-hydrogen) atoms. The van der Waals surface area contributed by atoms with E-state index in [1.165, 1.54) is 4.31 Å². The van der Waals surface area contributed by atoms with Gasteiger partial charge >= 0.3 is 0 Å². The average Bonchev–Trinajstić information content (AvgIpc) is 3.09. The van der Waals surface area contributed by atoms with Crippen LogP contribution in [0.1, 0.15) is 46.1 Å². The Morgan fingerprint density at radius 2 is 2.15 bits per heavy atom. The van der Waals surface area contributed by atoms with Crippen LogP contribution in [0.2, 0.25) is 0 Å². The van der Waals surface area contributed by atoms with Gasteiger partial charge in [-0.15, -0.1) is 5.10 Å². The summed E-state index contributed by atoms with van der Waals surface area (Å²) < 4.78 is 29.4. The number of hydrogen-bond donors (Lipinski definition) is 1. The van der Waals surface area contributed by atoms with Crippen molar-refractivity contribution < 1.29 is 13.2 Å². The molecular weight excluding hydrogens is 366 g/mol. The van der Waals surface area contributed by atoms with Gasteiger partial charge < -0.3 is 5.32 Å². The van der Waals surface area contributed by atoms with Crippen molar-refractivity contribution in [3.8, 4) is 0 Å². The van der Waals surface area contributed by atoms with Crippen LogP contribution in [0.4, 0.5) is 0 Å². The molecule has 1 aromatic carbocycles. The fraction of sp³-hybridized carbons (Fsp3) is 0.611. The van der Waals surface area contributed by atoms with Crippen LogP contribution < -0.4 is 5.32 Å². The van der Waals surface area contributed by atoms with Crippen molar-refractivity contribution in [2.24, 2.45) is 5.92 Å². The molecule has 148 valence electrons. The standard InChI is InChI=1S/C18H27N5O3S/c1-4-9-19-18(24)14-6-5-10-22(12-14)27(25,26)15-7-8-17-16(11-15)20-21-23(17)13(2)3/h7-8,11,13-14H,4-6,9-10,12H2,1-3H3,(H,19,24)/t14-/m1/s1. The minimum Gasteiger partial charge on any atom is -0.356 e. The Labute approximate surface area is 160 Å². The van der Waals surface area contributed by atoms with Gasteiger partial charge in [-0.25, -0.2) is 13.1 Å². The van der Waals surface area contributed by atoms with Crippen LogP contribution in [0, 0.1) is 5.92 Å². The molecule has 0 saturated carbocycles. The number of rotatable bonds is 6. The Kier molecular flexibility index (Phi) is 5.81. The summed E-state index contributed by atoms with van der Waals surface area (Å²) in [6.07, 6.45) is 2.25. The van der Waals surface area contributed by atoms with Crippen LogP contribution in [0.5, 0.6) is 0 Å². The first-order valence-corrected chi connectivity index (χ1v) is 10.9. The van der Waals surface area contributed by atoms with E-state index in [0.29, 0.717) is 31.4 Å². The van der Waals surface area contributed by atoms with Crippen LogP contribution in [0.15, 0.2) is 23.1 Å². The lowest BCUT2D eigenvalue weighted by Gasteiger charge is -2.31. The van der Waals surface area contributed by atoms with E-state index >= 15 is 0 Å². The van der Waals surface area contributed by atoms with Crippen molar-refractivity contribution in [2.75, 3.05) is 19.6 Å². The highest BCUT2D eigenvalue weighted by Gasteiger charge is 2.33. The zero-order valence-electron chi connectivity index (χ0n) is 16.1. The molecule has 2 heterocycles. The molecule has 0 radical (unpaired) electrons. The number of piperidine rings is 1. The van der Waals surface area contributed by atoms with Crippen molar-refractivity contribution in [2.45, 2.75) is 51.0 Å². The Morgan fingerprint density at radius 3 is 2.85 bits per heavy atom. The number of amides is 1. The third-order valence-corrected chi connectivity index (χ3v) is 6.73. The van der Waals surface area contributed by atoms with Gasteiger partial charge in [-0.05, 0) is 51.3 Å². The molecule has 1 aliphatic rings. The van der Waals surface area contributed by atoms with Gasteiger partial charge in [0.1, 0.15) is 5.52 Å². The lowest BCUT2D eigenvalue weighted by Crippen LogP contribution is -2.45. The number of carbonyl (C=O) groups is 1. The molecule has 1 saturated heterocycles. The largest absolute Gasteiger partial charge is 0.356 e. The van der Waals surface area contributed by atoms with Gasteiger partial charge in [0.15, 0.2) is 0 Å². The van der Waals surface area contributed by atoms with E-state index in [2.05, 4.69) is 15.6 Å². The number of carbonyl (C=O) groups excluding carboxylic acids is 1. The first kappa shape index (κ1) is 19.8. The molecule has 0 spiro atoms. The lowest BCUT2D eigenvalue weighted by atomic mass is 9.99. The second-order valence-electron chi connectivity index (χ2n) is 7.27. The molecule has 3 rings (SSSR count). The number of hydrogen-bond acceptors (Lipinski definition) is 5. The molecule has 1 aliphatic heterocycles.